The molecule has 0 aliphatic carbocycles. The highest BCUT2D eigenvalue weighted by Gasteiger charge is 2.20. The van der Waals surface area contributed by atoms with Crippen molar-refractivity contribution in [3.8, 4) is 0 Å². The molecule has 2 saturated heterocycles. The van der Waals surface area contributed by atoms with Gasteiger partial charge in [0.25, 0.3) is 5.91 Å². The average Bonchev–Trinajstić information content (AvgIpc) is 2.85. The van der Waals surface area contributed by atoms with E-state index in [1.165, 1.54) is 18.2 Å². The van der Waals surface area contributed by atoms with E-state index in [0.29, 0.717) is 18.1 Å². The number of piperidine rings is 1. The van der Waals surface area contributed by atoms with Crippen molar-refractivity contribution >= 4 is 17.8 Å². The van der Waals surface area contributed by atoms with Crippen LogP contribution in [-0.2, 0) is 20.9 Å². The van der Waals surface area contributed by atoms with Gasteiger partial charge < -0.3 is 10.1 Å². The van der Waals surface area contributed by atoms with Gasteiger partial charge in [0.2, 0.25) is 0 Å². The first-order valence-corrected chi connectivity index (χ1v) is 11.4. The molecule has 2 fully saturated rings. The fourth-order valence-corrected chi connectivity index (χ4v) is 4.00. The molecule has 8 nitrogen and oxygen atoms in total. The van der Waals surface area contributed by atoms with Crippen LogP contribution in [-0.4, -0.2) is 52.8 Å². The molecule has 1 aromatic carbocycles. The second kappa shape index (κ2) is 11.8. The van der Waals surface area contributed by atoms with Crippen LogP contribution in [0.25, 0.3) is 6.08 Å². The Balaban J connectivity index is 1.21. The predicted molar refractivity (Wildman–Crippen MR) is 122 cm³/mol. The summed E-state index contributed by atoms with van der Waals surface area (Å²) >= 11 is 0. The van der Waals surface area contributed by atoms with Gasteiger partial charge in [0.05, 0.1) is 18.1 Å². The summed E-state index contributed by atoms with van der Waals surface area (Å²) in [6.07, 6.45) is 10.8. The second-order valence-electron chi connectivity index (χ2n) is 8.39. The molecule has 0 saturated carbocycles. The van der Waals surface area contributed by atoms with Crippen LogP contribution in [0.1, 0.15) is 43.4 Å². The van der Waals surface area contributed by atoms with E-state index in [9.17, 15) is 9.18 Å². The summed E-state index contributed by atoms with van der Waals surface area (Å²) in [7, 11) is 0. The highest BCUT2D eigenvalue weighted by molar-refractivity contribution is 5.90. The highest BCUT2D eigenvalue weighted by Crippen LogP contribution is 2.17. The number of rotatable bonds is 8. The number of nitrogens with zero attached hydrogens (tertiary/aromatic N) is 3. The van der Waals surface area contributed by atoms with Gasteiger partial charge in [-0.25, -0.2) is 19.7 Å². The van der Waals surface area contributed by atoms with Crippen LogP contribution in [0.2, 0.25) is 0 Å². The van der Waals surface area contributed by atoms with Crippen LogP contribution in [0, 0.1) is 5.82 Å². The van der Waals surface area contributed by atoms with E-state index in [2.05, 4.69) is 25.7 Å². The molecule has 176 valence electrons. The van der Waals surface area contributed by atoms with Gasteiger partial charge in [-0.15, -0.1) is 0 Å². The predicted octanol–water partition coefficient (Wildman–Crippen LogP) is 3.28. The fraction of sp³-hybridized carbons (Fsp3) is 0.458. The zero-order valence-electron chi connectivity index (χ0n) is 18.6. The van der Waals surface area contributed by atoms with Crippen molar-refractivity contribution in [3.63, 3.8) is 0 Å². The SMILES string of the molecule is O=C(/C=C/c1cnc(N[C@@H]2CCCN(Cc3ccc(F)cc3)C2)cn1)NOC1CCCCO1. The molecule has 9 heteroatoms. The van der Waals surface area contributed by atoms with E-state index in [1.54, 1.807) is 18.5 Å². The lowest BCUT2D eigenvalue weighted by Gasteiger charge is -2.33. The molecule has 0 radical (unpaired) electrons. The standard InChI is InChI=1S/C24H30FN5O3/c25-19-8-6-18(7-9-19)16-30-12-3-4-21(17-30)28-22-15-26-20(14-27-22)10-11-23(31)29-33-24-5-1-2-13-32-24/h6-11,14-15,21,24H,1-5,12-13,16-17H2,(H,27,28)(H,29,31)/b11-10+/t21-,24?/m1/s1. The number of likely N-dealkylation sites (tertiary alicyclic amines) is 1. The Morgan fingerprint density at radius 3 is 2.82 bits per heavy atom. The Bertz CT molecular complexity index is 917. The molecule has 2 aromatic rings. The number of anilines is 1. The number of halogens is 1. The molecule has 4 rings (SSSR count). The summed E-state index contributed by atoms with van der Waals surface area (Å²) in [6, 6.07) is 6.94. The number of carbonyl (C=O) groups excluding carboxylic acids is 1. The van der Waals surface area contributed by atoms with Crippen LogP contribution in [0.5, 0.6) is 0 Å². The zero-order chi connectivity index (χ0) is 22.9. The Kier molecular flexibility index (Phi) is 8.35. The minimum Gasteiger partial charge on any atom is -0.365 e. The number of benzene rings is 1. The van der Waals surface area contributed by atoms with Crippen LogP contribution < -0.4 is 10.8 Å². The molecule has 33 heavy (non-hydrogen) atoms. The molecule has 2 N–H and O–H groups in total. The van der Waals surface area contributed by atoms with Gasteiger partial charge in [-0.3, -0.25) is 14.7 Å². The quantitative estimate of drug-likeness (QED) is 0.466. The molecule has 2 aliphatic heterocycles. The van der Waals surface area contributed by atoms with Crippen molar-refractivity contribution in [3.05, 3.63) is 59.8 Å². The number of carbonyl (C=O) groups is 1. The highest BCUT2D eigenvalue weighted by atomic mass is 19.1. The number of amides is 1. The third-order valence-corrected chi connectivity index (χ3v) is 5.68. The number of hydrogen-bond acceptors (Lipinski definition) is 7. The topological polar surface area (TPSA) is 88.6 Å². The van der Waals surface area contributed by atoms with Crippen LogP contribution in [0.15, 0.2) is 42.7 Å². The van der Waals surface area contributed by atoms with Gasteiger partial charge in [0.1, 0.15) is 11.6 Å². The summed E-state index contributed by atoms with van der Waals surface area (Å²) in [5, 5.41) is 3.44. The Hall–Kier alpha value is -2.88. The molecular formula is C24H30FN5O3. The first-order chi connectivity index (χ1) is 16.1. The maximum atomic E-state index is 13.1. The van der Waals surface area contributed by atoms with Gasteiger partial charge in [0, 0.05) is 38.2 Å². The summed E-state index contributed by atoms with van der Waals surface area (Å²) in [5.74, 6) is 0.108. The van der Waals surface area contributed by atoms with Crippen molar-refractivity contribution < 1.29 is 18.8 Å². The first-order valence-electron chi connectivity index (χ1n) is 11.4. The van der Waals surface area contributed by atoms with E-state index in [1.807, 2.05) is 12.1 Å². The third kappa shape index (κ3) is 7.59. The number of nitrogens with one attached hydrogen (secondary N) is 2. The summed E-state index contributed by atoms with van der Waals surface area (Å²) in [6.45, 7) is 3.35. The average molecular weight is 456 g/mol. The molecule has 0 bridgehead atoms. The lowest BCUT2D eigenvalue weighted by Crippen LogP contribution is -2.41. The number of hydroxylamine groups is 1. The van der Waals surface area contributed by atoms with E-state index < -0.39 is 0 Å². The molecule has 1 unspecified atom stereocenters. The summed E-state index contributed by atoms with van der Waals surface area (Å²) < 4.78 is 18.5. The van der Waals surface area contributed by atoms with Gasteiger partial charge in [-0.1, -0.05) is 12.1 Å². The fourth-order valence-electron chi connectivity index (χ4n) is 4.00. The van der Waals surface area contributed by atoms with Crippen molar-refractivity contribution in [2.45, 2.75) is 51.0 Å². The molecule has 1 amide bonds. The van der Waals surface area contributed by atoms with Crippen molar-refractivity contribution in [1.82, 2.24) is 20.3 Å². The molecule has 0 spiro atoms. The Morgan fingerprint density at radius 1 is 1.18 bits per heavy atom. The lowest BCUT2D eigenvalue weighted by atomic mass is 10.0. The monoisotopic (exact) mass is 455 g/mol. The van der Waals surface area contributed by atoms with Gasteiger partial charge in [0.15, 0.2) is 6.29 Å². The molecular weight excluding hydrogens is 425 g/mol. The van der Waals surface area contributed by atoms with Crippen molar-refractivity contribution in [2.24, 2.45) is 0 Å². The summed E-state index contributed by atoms with van der Waals surface area (Å²) in [4.78, 5) is 28.3. The largest absolute Gasteiger partial charge is 0.365 e. The number of hydrogen-bond donors (Lipinski definition) is 2. The summed E-state index contributed by atoms with van der Waals surface area (Å²) in [5.41, 5.74) is 4.06. The van der Waals surface area contributed by atoms with Crippen molar-refractivity contribution in [1.29, 1.82) is 0 Å². The Morgan fingerprint density at radius 2 is 2.06 bits per heavy atom. The van der Waals surface area contributed by atoms with Crippen molar-refractivity contribution in [2.75, 3.05) is 25.0 Å². The smallest absolute Gasteiger partial charge is 0.267 e. The number of aromatic nitrogens is 2. The van der Waals surface area contributed by atoms with E-state index in [0.717, 1.165) is 57.3 Å². The molecule has 2 aliphatic rings. The number of ether oxygens (including phenoxy) is 1. The molecule has 3 heterocycles. The van der Waals surface area contributed by atoms with Gasteiger partial charge >= 0.3 is 0 Å². The van der Waals surface area contributed by atoms with Crippen LogP contribution in [0.3, 0.4) is 0 Å². The molecule has 1 aromatic heterocycles. The third-order valence-electron chi connectivity index (χ3n) is 5.68. The van der Waals surface area contributed by atoms with E-state index in [4.69, 9.17) is 9.57 Å². The zero-order valence-corrected chi connectivity index (χ0v) is 18.6. The second-order valence-corrected chi connectivity index (χ2v) is 8.39. The van der Waals surface area contributed by atoms with E-state index >= 15 is 0 Å². The van der Waals surface area contributed by atoms with Gasteiger partial charge in [-0.05, 0) is 56.0 Å². The minimum absolute atomic E-state index is 0.211. The lowest BCUT2D eigenvalue weighted by molar-refractivity contribution is -0.198. The maximum absolute atomic E-state index is 13.1. The first kappa shape index (κ1) is 23.3. The maximum Gasteiger partial charge on any atom is 0.267 e. The van der Waals surface area contributed by atoms with Crippen LogP contribution >= 0.6 is 0 Å². The minimum atomic E-state index is -0.382. The Labute approximate surface area is 193 Å². The normalized spacial score (nSPS) is 21.7. The van der Waals surface area contributed by atoms with Gasteiger partial charge in [-0.2, -0.15) is 0 Å². The van der Waals surface area contributed by atoms with Crippen LogP contribution in [0.4, 0.5) is 10.2 Å². The van der Waals surface area contributed by atoms with E-state index in [-0.39, 0.29) is 24.1 Å². The molecule has 2 atom stereocenters.